The van der Waals surface area contributed by atoms with Gasteiger partial charge >= 0.3 is 0 Å². The first-order valence-electron chi connectivity index (χ1n) is 15.6. The van der Waals surface area contributed by atoms with Gasteiger partial charge in [0.2, 0.25) is 0 Å². The number of aryl methyl sites for hydroxylation is 4. The van der Waals surface area contributed by atoms with Gasteiger partial charge in [0.1, 0.15) is 0 Å². The molecule has 2 aromatic heterocycles. The maximum absolute atomic E-state index is 4.92. The number of unbranched alkanes of at least 4 members (excludes halogenated alkanes) is 18. The maximum Gasteiger partial charge on any atom is 0.152 e. The van der Waals surface area contributed by atoms with Crippen LogP contribution in [0.5, 0.6) is 0 Å². The molecule has 0 N–H and O–H groups in total. The van der Waals surface area contributed by atoms with Crippen molar-refractivity contribution in [2.45, 2.75) is 169 Å². The zero-order valence-electron chi connectivity index (χ0n) is 24.3. The van der Waals surface area contributed by atoms with E-state index in [1.54, 1.807) is 0 Å². The number of thiazole rings is 2. The molecule has 2 rings (SSSR count). The first-order chi connectivity index (χ1) is 17.7. The third kappa shape index (κ3) is 13.2. The van der Waals surface area contributed by atoms with Crippen molar-refractivity contribution in [1.82, 2.24) is 9.97 Å². The predicted molar refractivity (Wildman–Crippen MR) is 164 cm³/mol. The smallest absolute Gasteiger partial charge is 0.152 e. The van der Waals surface area contributed by atoms with Crippen LogP contribution in [-0.2, 0) is 12.8 Å². The van der Waals surface area contributed by atoms with Crippen molar-refractivity contribution >= 4 is 22.7 Å². The van der Waals surface area contributed by atoms with Crippen molar-refractivity contribution in [2.75, 3.05) is 0 Å². The van der Waals surface area contributed by atoms with Gasteiger partial charge in [-0.25, -0.2) is 9.97 Å². The molecule has 0 aliphatic carbocycles. The van der Waals surface area contributed by atoms with Gasteiger partial charge in [0.15, 0.2) is 10.0 Å². The highest BCUT2D eigenvalue weighted by Crippen LogP contribution is 2.34. The minimum atomic E-state index is 1.15. The van der Waals surface area contributed by atoms with Gasteiger partial charge in [-0.05, 0) is 39.5 Å². The summed E-state index contributed by atoms with van der Waals surface area (Å²) in [6, 6.07) is 0. The Morgan fingerprint density at radius 1 is 0.417 bits per heavy atom. The maximum atomic E-state index is 4.92. The molecule has 0 spiro atoms. The van der Waals surface area contributed by atoms with Crippen LogP contribution in [0.1, 0.15) is 163 Å². The minimum absolute atomic E-state index is 1.15. The topological polar surface area (TPSA) is 25.8 Å². The van der Waals surface area contributed by atoms with Gasteiger partial charge in [0, 0.05) is 9.75 Å². The summed E-state index contributed by atoms with van der Waals surface area (Å²) in [5, 5.41) is 2.30. The summed E-state index contributed by atoms with van der Waals surface area (Å²) in [4.78, 5) is 12.8. The van der Waals surface area contributed by atoms with Gasteiger partial charge in [-0.1, -0.05) is 129 Å². The molecule has 0 fully saturated rings. The molecule has 2 aromatic rings. The Kier molecular flexibility index (Phi) is 17.7. The fourth-order valence-electron chi connectivity index (χ4n) is 5.05. The highest BCUT2D eigenvalue weighted by Gasteiger charge is 2.15. The summed E-state index contributed by atoms with van der Waals surface area (Å²) < 4.78 is 0. The average Bonchev–Trinajstić information content (AvgIpc) is 3.43. The van der Waals surface area contributed by atoms with Gasteiger partial charge in [0.25, 0.3) is 0 Å². The second kappa shape index (κ2) is 20.3. The van der Waals surface area contributed by atoms with Crippen molar-refractivity contribution < 1.29 is 0 Å². The Morgan fingerprint density at radius 2 is 0.694 bits per heavy atom. The lowest BCUT2D eigenvalue weighted by Gasteiger charge is -2.02. The molecule has 0 radical (unpaired) electrons. The predicted octanol–water partition coefficient (Wildman–Crippen LogP) is 11.8. The van der Waals surface area contributed by atoms with Gasteiger partial charge in [-0.15, -0.1) is 22.7 Å². The van der Waals surface area contributed by atoms with E-state index in [0.717, 1.165) is 10.0 Å². The third-order valence-electron chi connectivity index (χ3n) is 7.48. The summed E-state index contributed by atoms with van der Waals surface area (Å²) in [5.74, 6) is 0. The number of hydrogen-bond donors (Lipinski definition) is 0. The van der Waals surface area contributed by atoms with Crippen LogP contribution in [0.3, 0.4) is 0 Å². The number of hydrogen-bond acceptors (Lipinski definition) is 4. The average molecular weight is 533 g/mol. The molecule has 0 saturated heterocycles. The standard InChI is InChI=1S/C32H56N2S2/c1-5-7-9-11-13-15-17-19-21-23-25-29-27(3)33-31(35-29)32-34-28(4)30(36-32)26-24-22-20-18-16-14-12-10-8-6-2/h5-26H2,1-4H3. The Hall–Kier alpha value is -0.740. The van der Waals surface area contributed by atoms with Crippen LogP contribution < -0.4 is 0 Å². The molecule has 0 bridgehead atoms. The molecule has 0 amide bonds. The van der Waals surface area contributed by atoms with E-state index in [2.05, 4.69) is 27.7 Å². The Balaban J connectivity index is 1.62. The van der Waals surface area contributed by atoms with Crippen molar-refractivity contribution in [3.8, 4) is 10.0 Å². The zero-order chi connectivity index (χ0) is 25.8. The largest absolute Gasteiger partial charge is 0.239 e. The molecular weight excluding hydrogens is 477 g/mol. The molecule has 2 heterocycles. The van der Waals surface area contributed by atoms with E-state index in [1.807, 2.05) is 22.7 Å². The van der Waals surface area contributed by atoms with Crippen molar-refractivity contribution in [3.63, 3.8) is 0 Å². The van der Waals surface area contributed by atoms with Crippen LogP contribution in [0.25, 0.3) is 10.0 Å². The molecule has 0 aromatic carbocycles. The summed E-state index contributed by atoms with van der Waals surface area (Å²) in [6.45, 7) is 8.97. The van der Waals surface area contributed by atoms with E-state index in [1.165, 1.54) is 162 Å². The van der Waals surface area contributed by atoms with E-state index in [4.69, 9.17) is 9.97 Å². The summed E-state index contributed by atoms with van der Waals surface area (Å²) in [6.07, 6.45) is 30.3. The SMILES string of the molecule is CCCCCCCCCCCCc1sc(-c2nc(C)c(CCCCCCCCCCCC)s2)nc1C. The quantitative estimate of drug-likeness (QED) is 0.133. The first kappa shape index (κ1) is 31.5. The number of aromatic nitrogens is 2. The fourth-order valence-corrected chi connectivity index (χ4v) is 7.28. The van der Waals surface area contributed by atoms with Crippen LogP contribution in [0.15, 0.2) is 0 Å². The lowest BCUT2D eigenvalue weighted by molar-refractivity contribution is 0.556. The lowest BCUT2D eigenvalue weighted by Crippen LogP contribution is -1.86. The Morgan fingerprint density at radius 3 is 1.00 bits per heavy atom. The molecular formula is C32H56N2S2. The summed E-state index contributed by atoms with van der Waals surface area (Å²) in [7, 11) is 0. The summed E-state index contributed by atoms with van der Waals surface area (Å²) in [5.41, 5.74) is 2.46. The third-order valence-corrected chi connectivity index (χ3v) is 10.1. The van der Waals surface area contributed by atoms with E-state index < -0.39 is 0 Å². The summed E-state index contributed by atoms with van der Waals surface area (Å²) >= 11 is 3.79. The highest BCUT2D eigenvalue weighted by molar-refractivity contribution is 7.21. The van der Waals surface area contributed by atoms with Crippen molar-refractivity contribution in [3.05, 3.63) is 21.1 Å². The van der Waals surface area contributed by atoms with Crippen molar-refractivity contribution in [1.29, 1.82) is 0 Å². The normalized spacial score (nSPS) is 11.6. The van der Waals surface area contributed by atoms with Crippen LogP contribution in [0.4, 0.5) is 0 Å². The van der Waals surface area contributed by atoms with Crippen LogP contribution in [-0.4, -0.2) is 9.97 Å². The van der Waals surface area contributed by atoms with Crippen LogP contribution >= 0.6 is 22.7 Å². The first-order valence-corrected chi connectivity index (χ1v) is 17.2. The van der Waals surface area contributed by atoms with E-state index >= 15 is 0 Å². The van der Waals surface area contributed by atoms with E-state index in [0.29, 0.717) is 0 Å². The monoisotopic (exact) mass is 532 g/mol. The number of rotatable bonds is 23. The Bertz CT molecular complexity index is 726. The fraction of sp³-hybridized carbons (Fsp3) is 0.812. The van der Waals surface area contributed by atoms with E-state index in [9.17, 15) is 0 Å². The molecule has 4 heteroatoms. The second-order valence-corrected chi connectivity index (χ2v) is 13.1. The molecule has 0 aliphatic rings. The van der Waals surface area contributed by atoms with E-state index in [-0.39, 0.29) is 0 Å². The van der Waals surface area contributed by atoms with Crippen molar-refractivity contribution in [2.24, 2.45) is 0 Å². The molecule has 206 valence electrons. The highest BCUT2D eigenvalue weighted by atomic mass is 32.1. The molecule has 2 nitrogen and oxygen atoms in total. The molecule has 0 atom stereocenters. The molecule has 0 aliphatic heterocycles. The Labute approximate surface area is 232 Å². The van der Waals surface area contributed by atoms with Gasteiger partial charge in [-0.3, -0.25) is 0 Å². The van der Waals surface area contributed by atoms with Crippen LogP contribution in [0.2, 0.25) is 0 Å². The van der Waals surface area contributed by atoms with Crippen LogP contribution in [0, 0.1) is 13.8 Å². The zero-order valence-corrected chi connectivity index (χ0v) is 25.9. The molecule has 0 unspecified atom stereocenters. The molecule has 0 saturated carbocycles. The molecule has 36 heavy (non-hydrogen) atoms. The van der Waals surface area contributed by atoms with Gasteiger partial charge < -0.3 is 0 Å². The van der Waals surface area contributed by atoms with Gasteiger partial charge in [-0.2, -0.15) is 0 Å². The lowest BCUT2D eigenvalue weighted by atomic mass is 10.1. The number of nitrogens with zero attached hydrogens (tertiary/aromatic N) is 2. The van der Waals surface area contributed by atoms with Gasteiger partial charge in [0.05, 0.1) is 11.4 Å². The minimum Gasteiger partial charge on any atom is -0.239 e. The second-order valence-electron chi connectivity index (χ2n) is 10.9.